The smallest absolute Gasteiger partial charge is 0.191 e. The molecule has 2 fully saturated rings. The molecule has 3 rings (SSSR count). The fraction of sp³-hybridized carbons (Fsp3) is 0.696. The van der Waals surface area contributed by atoms with Crippen LogP contribution in [-0.2, 0) is 6.54 Å². The first kappa shape index (κ1) is 21.8. The van der Waals surface area contributed by atoms with Gasteiger partial charge in [-0.05, 0) is 58.4 Å². The Labute approximate surface area is 176 Å². The molecule has 6 heteroatoms. The molecule has 0 amide bonds. The number of para-hydroxylation sites is 1. The van der Waals surface area contributed by atoms with Crippen LogP contribution < -0.4 is 20.1 Å². The first-order chi connectivity index (χ1) is 14.1. The van der Waals surface area contributed by atoms with Gasteiger partial charge in [-0.2, -0.15) is 0 Å². The SMILES string of the molecule is CN=C(NCc1cccc(OC)c1OC1CCCC1)NC1CCN(C(C)C)CC1. The van der Waals surface area contributed by atoms with Crippen LogP contribution in [0, 0.1) is 0 Å². The summed E-state index contributed by atoms with van der Waals surface area (Å²) < 4.78 is 11.9. The van der Waals surface area contributed by atoms with Crippen molar-refractivity contribution in [3.63, 3.8) is 0 Å². The highest BCUT2D eigenvalue weighted by molar-refractivity contribution is 5.80. The van der Waals surface area contributed by atoms with Crippen molar-refractivity contribution in [2.75, 3.05) is 27.2 Å². The van der Waals surface area contributed by atoms with Crippen molar-refractivity contribution in [1.29, 1.82) is 0 Å². The molecule has 1 aliphatic carbocycles. The average Bonchev–Trinajstić information content (AvgIpc) is 3.25. The zero-order valence-corrected chi connectivity index (χ0v) is 18.5. The van der Waals surface area contributed by atoms with Gasteiger partial charge in [-0.25, -0.2) is 0 Å². The second-order valence-electron chi connectivity index (χ2n) is 8.45. The van der Waals surface area contributed by atoms with Crippen molar-refractivity contribution >= 4 is 5.96 Å². The molecule has 2 aliphatic rings. The van der Waals surface area contributed by atoms with Crippen LogP contribution >= 0.6 is 0 Å². The van der Waals surface area contributed by atoms with Gasteiger partial charge in [0.25, 0.3) is 0 Å². The highest BCUT2D eigenvalue weighted by atomic mass is 16.5. The van der Waals surface area contributed by atoms with Crippen LogP contribution in [0.15, 0.2) is 23.2 Å². The third kappa shape index (κ3) is 6.01. The fourth-order valence-electron chi connectivity index (χ4n) is 4.29. The Morgan fingerprint density at radius 1 is 1.17 bits per heavy atom. The molecule has 162 valence electrons. The van der Waals surface area contributed by atoms with Gasteiger partial charge in [0, 0.05) is 44.3 Å². The van der Waals surface area contributed by atoms with E-state index in [-0.39, 0.29) is 0 Å². The number of nitrogens with zero attached hydrogens (tertiary/aromatic N) is 2. The van der Waals surface area contributed by atoms with Crippen molar-refractivity contribution < 1.29 is 9.47 Å². The molecule has 29 heavy (non-hydrogen) atoms. The van der Waals surface area contributed by atoms with E-state index in [1.54, 1.807) is 7.11 Å². The average molecular weight is 403 g/mol. The van der Waals surface area contributed by atoms with Gasteiger partial charge in [-0.15, -0.1) is 0 Å². The maximum Gasteiger partial charge on any atom is 0.191 e. The van der Waals surface area contributed by atoms with Crippen molar-refractivity contribution in [1.82, 2.24) is 15.5 Å². The molecular weight excluding hydrogens is 364 g/mol. The van der Waals surface area contributed by atoms with Gasteiger partial charge in [0.15, 0.2) is 17.5 Å². The van der Waals surface area contributed by atoms with Crippen LogP contribution in [0.5, 0.6) is 11.5 Å². The van der Waals surface area contributed by atoms with Crippen LogP contribution in [0.2, 0.25) is 0 Å². The molecule has 0 atom stereocenters. The van der Waals surface area contributed by atoms with Gasteiger partial charge in [-0.3, -0.25) is 4.99 Å². The number of piperidine rings is 1. The molecule has 0 spiro atoms. The standard InChI is InChI=1S/C23H38N4O2/c1-17(2)27-14-12-19(13-15-27)26-23(24-3)25-16-18-8-7-11-21(28-4)22(18)29-20-9-5-6-10-20/h7-8,11,17,19-20H,5-6,9-10,12-16H2,1-4H3,(H2,24,25,26). The van der Waals surface area contributed by atoms with Crippen molar-refractivity contribution in [2.45, 2.75) is 77.1 Å². The van der Waals surface area contributed by atoms with Gasteiger partial charge < -0.3 is 25.0 Å². The fourth-order valence-corrected chi connectivity index (χ4v) is 4.29. The van der Waals surface area contributed by atoms with E-state index in [2.05, 4.69) is 40.4 Å². The van der Waals surface area contributed by atoms with Gasteiger partial charge in [0.1, 0.15) is 0 Å². The summed E-state index contributed by atoms with van der Waals surface area (Å²) in [5, 5.41) is 7.07. The number of guanidine groups is 1. The number of methoxy groups -OCH3 is 1. The van der Waals surface area contributed by atoms with Gasteiger partial charge in [0.2, 0.25) is 0 Å². The number of likely N-dealkylation sites (tertiary alicyclic amines) is 1. The maximum atomic E-state index is 6.35. The lowest BCUT2D eigenvalue weighted by Crippen LogP contribution is -2.49. The summed E-state index contributed by atoms with van der Waals surface area (Å²) >= 11 is 0. The predicted octanol–water partition coefficient (Wildman–Crippen LogP) is 3.55. The van der Waals surface area contributed by atoms with E-state index < -0.39 is 0 Å². The van der Waals surface area contributed by atoms with Gasteiger partial charge in [0.05, 0.1) is 13.2 Å². The van der Waals surface area contributed by atoms with Crippen LogP contribution in [-0.4, -0.2) is 56.3 Å². The third-order valence-electron chi connectivity index (χ3n) is 6.14. The first-order valence-electron chi connectivity index (χ1n) is 11.1. The molecule has 0 bridgehead atoms. The summed E-state index contributed by atoms with van der Waals surface area (Å²) in [6.07, 6.45) is 7.35. The largest absolute Gasteiger partial charge is 0.493 e. The van der Waals surface area contributed by atoms with Crippen LogP contribution in [0.1, 0.15) is 57.9 Å². The van der Waals surface area contributed by atoms with Crippen LogP contribution in [0.4, 0.5) is 0 Å². The van der Waals surface area contributed by atoms with Crippen LogP contribution in [0.25, 0.3) is 0 Å². The lowest BCUT2D eigenvalue weighted by atomic mass is 10.0. The van der Waals surface area contributed by atoms with E-state index >= 15 is 0 Å². The second-order valence-corrected chi connectivity index (χ2v) is 8.45. The Morgan fingerprint density at radius 2 is 1.90 bits per heavy atom. The van der Waals surface area contributed by atoms with E-state index in [4.69, 9.17) is 9.47 Å². The minimum Gasteiger partial charge on any atom is -0.493 e. The van der Waals surface area contributed by atoms with E-state index in [0.29, 0.717) is 24.7 Å². The highest BCUT2D eigenvalue weighted by Crippen LogP contribution is 2.34. The van der Waals surface area contributed by atoms with Crippen molar-refractivity contribution in [2.24, 2.45) is 4.99 Å². The lowest BCUT2D eigenvalue weighted by Gasteiger charge is -2.35. The molecule has 1 saturated heterocycles. The third-order valence-corrected chi connectivity index (χ3v) is 6.14. The van der Waals surface area contributed by atoms with E-state index in [1.807, 2.05) is 19.2 Å². The predicted molar refractivity (Wildman–Crippen MR) is 119 cm³/mol. The molecule has 1 saturated carbocycles. The normalized spacial score (nSPS) is 19.6. The minimum atomic E-state index is 0.300. The molecule has 2 N–H and O–H groups in total. The summed E-state index contributed by atoms with van der Waals surface area (Å²) in [5.41, 5.74) is 1.11. The summed E-state index contributed by atoms with van der Waals surface area (Å²) in [5.74, 6) is 2.53. The zero-order valence-electron chi connectivity index (χ0n) is 18.5. The maximum absolute atomic E-state index is 6.35. The summed E-state index contributed by atoms with van der Waals surface area (Å²) in [6.45, 7) is 7.48. The molecule has 6 nitrogen and oxygen atoms in total. The van der Waals surface area contributed by atoms with Crippen molar-refractivity contribution in [3.05, 3.63) is 23.8 Å². The molecule has 0 radical (unpaired) electrons. The number of ether oxygens (including phenoxy) is 2. The van der Waals surface area contributed by atoms with E-state index in [9.17, 15) is 0 Å². The quantitative estimate of drug-likeness (QED) is 0.540. The Kier molecular flexibility index (Phi) is 8.04. The zero-order chi connectivity index (χ0) is 20.6. The van der Waals surface area contributed by atoms with Crippen molar-refractivity contribution in [3.8, 4) is 11.5 Å². The number of hydrogen-bond acceptors (Lipinski definition) is 4. The van der Waals surface area contributed by atoms with Gasteiger partial charge in [-0.1, -0.05) is 12.1 Å². The Bertz CT molecular complexity index is 663. The van der Waals surface area contributed by atoms with E-state index in [1.165, 1.54) is 12.8 Å². The number of nitrogens with one attached hydrogen (secondary N) is 2. The minimum absolute atomic E-state index is 0.300. The van der Waals surface area contributed by atoms with Crippen LogP contribution in [0.3, 0.4) is 0 Å². The Hall–Kier alpha value is -1.95. The molecule has 0 unspecified atom stereocenters. The number of hydrogen-bond donors (Lipinski definition) is 2. The molecular formula is C23H38N4O2. The van der Waals surface area contributed by atoms with E-state index in [0.717, 1.165) is 61.8 Å². The second kappa shape index (κ2) is 10.7. The summed E-state index contributed by atoms with van der Waals surface area (Å²) in [7, 11) is 3.54. The molecule has 1 aromatic rings. The summed E-state index contributed by atoms with van der Waals surface area (Å²) in [4.78, 5) is 6.97. The summed E-state index contributed by atoms with van der Waals surface area (Å²) in [6, 6.07) is 7.20. The monoisotopic (exact) mass is 402 g/mol. The molecule has 1 heterocycles. The highest BCUT2D eigenvalue weighted by Gasteiger charge is 2.23. The number of aliphatic imine (C=N–C) groups is 1. The Morgan fingerprint density at radius 3 is 2.52 bits per heavy atom. The number of benzene rings is 1. The Balaban J connectivity index is 1.58. The molecule has 1 aromatic carbocycles. The lowest BCUT2D eigenvalue weighted by molar-refractivity contribution is 0.167. The van der Waals surface area contributed by atoms with Gasteiger partial charge >= 0.3 is 0 Å². The topological polar surface area (TPSA) is 58.1 Å². The molecule has 0 aromatic heterocycles. The number of rotatable bonds is 7. The first-order valence-corrected chi connectivity index (χ1v) is 11.1. The molecule has 1 aliphatic heterocycles.